The zero-order chi connectivity index (χ0) is 18.9. The van der Waals surface area contributed by atoms with Crippen LogP contribution in [0.1, 0.15) is 33.6 Å². The second-order valence-corrected chi connectivity index (χ2v) is 7.02. The molecule has 26 heavy (non-hydrogen) atoms. The molecule has 0 radical (unpaired) electrons. The number of amides is 1. The Hall–Kier alpha value is -2.02. The highest BCUT2D eigenvalue weighted by Gasteiger charge is 2.25. The summed E-state index contributed by atoms with van der Waals surface area (Å²) in [5, 5.41) is 10.2. The Morgan fingerprint density at radius 2 is 2.31 bits per heavy atom. The summed E-state index contributed by atoms with van der Waals surface area (Å²) in [7, 11) is 0. The first kappa shape index (κ1) is 20.3. The van der Waals surface area contributed by atoms with Gasteiger partial charge in [-0.05, 0) is 39.3 Å². The van der Waals surface area contributed by atoms with E-state index in [1.165, 1.54) is 0 Å². The molecule has 1 unspecified atom stereocenters. The highest BCUT2D eigenvalue weighted by atomic mass is 35.5. The van der Waals surface area contributed by atoms with Crippen LogP contribution in [0.25, 0.3) is 0 Å². The summed E-state index contributed by atoms with van der Waals surface area (Å²) in [5.74, 6) is 1.59. The smallest absolute Gasteiger partial charge is 0.222 e. The van der Waals surface area contributed by atoms with Gasteiger partial charge in [0.25, 0.3) is 0 Å². The molecule has 8 heteroatoms. The van der Waals surface area contributed by atoms with E-state index in [0.717, 1.165) is 37.8 Å². The van der Waals surface area contributed by atoms with E-state index >= 15 is 0 Å². The molecular formula is C18H29ClN6O. The maximum absolute atomic E-state index is 11.7. The van der Waals surface area contributed by atoms with Crippen molar-refractivity contribution in [3.8, 4) is 0 Å². The number of carbonyl (C=O) groups is 1. The predicted molar refractivity (Wildman–Crippen MR) is 107 cm³/mol. The summed E-state index contributed by atoms with van der Waals surface area (Å²) >= 11 is 6.24. The molecule has 0 aliphatic carbocycles. The zero-order valence-electron chi connectivity index (χ0n) is 15.8. The van der Waals surface area contributed by atoms with Gasteiger partial charge < -0.3 is 20.9 Å². The first-order chi connectivity index (χ1) is 12.5. The van der Waals surface area contributed by atoms with Gasteiger partial charge in [-0.25, -0.2) is 4.98 Å². The van der Waals surface area contributed by atoms with Gasteiger partial charge in [-0.15, -0.1) is 0 Å². The number of aliphatic imine (C=N–C) groups is 1. The average molecular weight is 381 g/mol. The Labute approximate surface area is 160 Å². The standard InChI is InChI=1S/C18H29ClN6O/c1-4-20-18(22-10-7-16(26)23-13(2)3)24-14-8-11-25(12-14)17-15(19)6-5-9-21-17/h5-6,9,13-14H,4,7-8,10-12H2,1-3H3,(H,23,26)(H2,20,22,24). The maximum atomic E-state index is 11.7. The first-order valence-electron chi connectivity index (χ1n) is 9.19. The first-order valence-corrected chi connectivity index (χ1v) is 9.57. The Balaban J connectivity index is 1.86. The van der Waals surface area contributed by atoms with Crippen molar-refractivity contribution in [2.45, 2.75) is 45.7 Å². The topological polar surface area (TPSA) is 81.6 Å². The maximum Gasteiger partial charge on any atom is 0.222 e. The van der Waals surface area contributed by atoms with Gasteiger partial charge in [0.2, 0.25) is 5.91 Å². The minimum Gasteiger partial charge on any atom is -0.357 e. The van der Waals surface area contributed by atoms with Crippen LogP contribution in [0.15, 0.2) is 23.3 Å². The molecule has 1 amide bonds. The van der Waals surface area contributed by atoms with Crippen molar-refractivity contribution in [3.05, 3.63) is 23.4 Å². The van der Waals surface area contributed by atoms with Gasteiger partial charge in [0.05, 0.1) is 11.6 Å². The number of hydrogen-bond acceptors (Lipinski definition) is 4. The fourth-order valence-corrected chi connectivity index (χ4v) is 3.10. The second-order valence-electron chi connectivity index (χ2n) is 6.62. The third-order valence-corrected chi connectivity index (χ3v) is 4.27. The molecule has 1 aliphatic heterocycles. The van der Waals surface area contributed by atoms with E-state index in [2.05, 4.69) is 30.8 Å². The van der Waals surface area contributed by atoms with Gasteiger partial charge in [-0.2, -0.15) is 0 Å². The minimum atomic E-state index is 0.0245. The molecule has 1 atom stereocenters. The fourth-order valence-electron chi connectivity index (χ4n) is 2.86. The third-order valence-electron chi connectivity index (χ3n) is 3.97. The molecule has 1 aromatic rings. The highest BCUT2D eigenvalue weighted by Crippen LogP contribution is 2.25. The lowest BCUT2D eigenvalue weighted by molar-refractivity contribution is -0.121. The van der Waals surface area contributed by atoms with Crippen molar-refractivity contribution in [2.24, 2.45) is 4.99 Å². The molecule has 2 rings (SSSR count). The second kappa shape index (κ2) is 10.2. The van der Waals surface area contributed by atoms with Gasteiger partial charge in [0.1, 0.15) is 5.82 Å². The van der Waals surface area contributed by atoms with E-state index in [1.54, 1.807) is 6.20 Å². The number of aromatic nitrogens is 1. The molecule has 144 valence electrons. The Bertz CT molecular complexity index is 621. The molecular weight excluding hydrogens is 352 g/mol. The molecule has 1 aliphatic rings. The number of pyridine rings is 1. The zero-order valence-corrected chi connectivity index (χ0v) is 16.5. The van der Waals surface area contributed by atoms with E-state index in [0.29, 0.717) is 18.0 Å². The number of guanidine groups is 1. The Kier molecular flexibility index (Phi) is 7.97. The molecule has 0 saturated carbocycles. The van der Waals surface area contributed by atoms with Crippen LogP contribution in [0.2, 0.25) is 5.02 Å². The molecule has 0 aromatic carbocycles. The number of nitrogens with zero attached hydrogens (tertiary/aromatic N) is 3. The van der Waals surface area contributed by atoms with Crippen LogP contribution in [0, 0.1) is 0 Å². The molecule has 1 fully saturated rings. The number of carbonyl (C=O) groups excluding carboxylic acids is 1. The van der Waals surface area contributed by atoms with E-state index in [1.807, 2.05) is 32.9 Å². The lowest BCUT2D eigenvalue weighted by Crippen LogP contribution is -2.44. The van der Waals surface area contributed by atoms with Crippen molar-refractivity contribution in [2.75, 3.05) is 31.1 Å². The molecule has 3 N–H and O–H groups in total. The van der Waals surface area contributed by atoms with Crippen LogP contribution < -0.4 is 20.9 Å². The van der Waals surface area contributed by atoms with Crippen LogP contribution in [-0.4, -0.2) is 55.1 Å². The number of nitrogens with one attached hydrogen (secondary N) is 3. The van der Waals surface area contributed by atoms with E-state index in [9.17, 15) is 4.79 Å². The summed E-state index contributed by atoms with van der Waals surface area (Å²) in [5.41, 5.74) is 0. The highest BCUT2D eigenvalue weighted by molar-refractivity contribution is 6.32. The number of halogens is 1. The van der Waals surface area contributed by atoms with E-state index in [-0.39, 0.29) is 18.0 Å². The van der Waals surface area contributed by atoms with E-state index in [4.69, 9.17) is 11.6 Å². The van der Waals surface area contributed by atoms with Crippen molar-refractivity contribution < 1.29 is 4.79 Å². The van der Waals surface area contributed by atoms with Crippen LogP contribution in [0.3, 0.4) is 0 Å². The van der Waals surface area contributed by atoms with Crippen molar-refractivity contribution in [1.82, 2.24) is 20.9 Å². The van der Waals surface area contributed by atoms with Crippen LogP contribution in [0.5, 0.6) is 0 Å². The summed E-state index contributed by atoms with van der Waals surface area (Å²) in [6.07, 6.45) is 3.12. The number of anilines is 1. The predicted octanol–water partition coefficient (Wildman–Crippen LogP) is 1.78. The summed E-state index contributed by atoms with van der Waals surface area (Å²) in [6.45, 7) is 8.86. The molecule has 0 spiro atoms. The molecule has 0 bridgehead atoms. The van der Waals surface area contributed by atoms with Gasteiger partial charge in [-0.3, -0.25) is 9.79 Å². The van der Waals surface area contributed by atoms with Crippen molar-refractivity contribution >= 4 is 29.3 Å². The lowest BCUT2D eigenvalue weighted by atomic mass is 10.3. The molecule has 7 nitrogen and oxygen atoms in total. The minimum absolute atomic E-state index is 0.0245. The van der Waals surface area contributed by atoms with Gasteiger partial charge in [-0.1, -0.05) is 11.6 Å². The molecule has 2 heterocycles. The summed E-state index contributed by atoms with van der Waals surface area (Å²) < 4.78 is 0. The van der Waals surface area contributed by atoms with Gasteiger partial charge in [0.15, 0.2) is 5.96 Å². The third kappa shape index (κ3) is 6.37. The van der Waals surface area contributed by atoms with Crippen molar-refractivity contribution in [3.63, 3.8) is 0 Å². The van der Waals surface area contributed by atoms with E-state index < -0.39 is 0 Å². The van der Waals surface area contributed by atoms with Crippen molar-refractivity contribution in [1.29, 1.82) is 0 Å². The molecule has 1 aromatic heterocycles. The van der Waals surface area contributed by atoms with Crippen LogP contribution in [0.4, 0.5) is 5.82 Å². The van der Waals surface area contributed by atoms with Gasteiger partial charge in [0, 0.05) is 44.3 Å². The summed E-state index contributed by atoms with van der Waals surface area (Å²) in [4.78, 5) is 22.8. The lowest BCUT2D eigenvalue weighted by Gasteiger charge is -2.20. The number of hydrogen-bond donors (Lipinski definition) is 3. The van der Waals surface area contributed by atoms with Crippen LogP contribution in [-0.2, 0) is 4.79 Å². The number of rotatable bonds is 7. The Morgan fingerprint density at radius 3 is 3.00 bits per heavy atom. The molecule has 1 saturated heterocycles. The average Bonchev–Trinajstić information content (AvgIpc) is 3.03. The van der Waals surface area contributed by atoms with Gasteiger partial charge >= 0.3 is 0 Å². The van der Waals surface area contributed by atoms with Crippen LogP contribution >= 0.6 is 11.6 Å². The normalized spacial score (nSPS) is 17.5. The summed E-state index contributed by atoms with van der Waals surface area (Å²) in [6, 6.07) is 4.11. The monoisotopic (exact) mass is 380 g/mol. The fraction of sp³-hybridized carbons (Fsp3) is 0.611. The Morgan fingerprint density at radius 1 is 1.50 bits per heavy atom. The largest absolute Gasteiger partial charge is 0.357 e. The SMILES string of the molecule is CCNC(=NCCC(=O)NC(C)C)NC1CCN(c2ncccc2Cl)C1. The quantitative estimate of drug-likeness (QED) is 0.496.